The highest BCUT2D eigenvalue weighted by atomic mass is 32.1. The molecule has 0 aromatic rings. The van der Waals surface area contributed by atoms with Crippen molar-refractivity contribution in [2.24, 2.45) is 5.41 Å². The van der Waals surface area contributed by atoms with Crippen LogP contribution in [-0.2, 0) is 14.4 Å². The highest BCUT2D eigenvalue weighted by Gasteiger charge is 2.24. The maximum atomic E-state index is 9.62. The van der Waals surface area contributed by atoms with Crippen molar-refractivity contribution in [2.45, 2.75) is 44.1 Å². The Bertz CT molecular complexity index is 351. The van der Waals surface area contributed by atoms with Crippen LogP contribution in [0.3, 0.4) is 0 Å². The number of aliphatic carboxylic acids is 3. The van der Waals surface area contributed by atoms with E-state index < -0.39 is 33.8 Å². The molecular weight excluding hydrogens is 420 g/mol. The second-order valence-electron chi connectivity index (χ2n) is 5.22. The van der Waals surface area contributed by atoms with Gasteiger partial charge in [-0.3, -0.25) is 14.4 Å². The second kappa shape index (κ2) is 21.6. The third-order valence-electron chi connectivity index (χ3n) is 2.80. The van der Waals surface area contributed by atoms with Crippen LogP contribution in [0, 0.1) is 5.41 Å². The third-order valence-corrected chi connectivity index (χ3v) is 3.46. The van der Waals surface area contributed by atoms with Crippen molar-refractivity contribution in [1.82, 2.24) is 0 Å². The van der Waals surface area contributed by atoms with Crippen molar-refractivity contribution >= 4 is 55.8 Å². The minimum atomic E-state index is -0.877. The Labute approximate surface area is 176 Å². The lowest BCUT2D eigenvalue weighted by molar-refractivity contribution is -0.137. The van der Waals surface area contributed by atoms with Gasteiger partial charge in [0.15, 0.2) is 0 Å². The maximum absolute atomic E-state index is 9.62. The number of hydrogen-bond acceptors (Lipinski definition) is 9. The van der Waals surface area contributed by atoms with E-state index in [1.54, 1.807) is 0 Å². The van der Waals surface area contributed by atoms with E-state index in [4.69, 9.17) is 30.6 Å². The second-order valence-corrected chi connectivity index (χ2v) is 7.22. The summed E-state index contributed by atoms with van der Waals surface area (Å²) in [6, 6.07) is 0. The number of aliphatic hydroxyl groups excluding tert-OH is 3. The van der Waals surface area contributed by atoms with Crippen molar-refractivity contribution in [3.8, 4) is 0 Å². The van der Waals surface area contributed by atoms with E-state index in [9.17, 15) is 14.4 Å². The smallest absolute Gasteiger partial charge is 0.316 e. The fraction of sp³-hybridized carbons (Fsp3) is 0.800. The van der Waals surface area contributed by atoms with Crippen molar-refractivity contribution in [1.29, 1.82) is 0 Å². The molecule has 9 nitrogen and oxygen atoms in total. The van der Waals surface area contributed by atoms with Gasteiger partial charge in [-0.15, -0.1) is 0 Å². The molecule has 0 aromatic heterocycles. The molecule has 0 radical (unpaired) electrons. The van der Waals surface area contributed by atoms with Gasteiger partial charge >= 0.3 is 17.9 Å². The van der Waals surface area contributed by atoms with E-state index in [0.29, 0.717) is 12.2 Å². The van der Waals surface area contributed by atoms with Crippen molar-refractivity contribution in [2.75, 3.05) is 25.6 Å². The molecule has 0 heterocycles. The summed E-state index contributed by atoms with van der Waals surface area (Å²) in [5.74, 6) is -2.11. The quantitative estimate of drug-likeness (QED) is 0.238. The Balaban J connectivity index is -0.000000133. The predicted octanol–water partition coefficient (Wildman–Crippen LogP) is 0.529. The Kier molecular flexibility index (Phi) is 27.2. The van der Waals surface area contributed by atoms with Gasteiger partial charge in [-0.05, 0) is 20.3 Å². The molecule has 2 atom stereocenters. The molecule has 164 valence electrons. The Hall–Kier alpha value is -0.660. The van der Waals surface area contributed by atoms with Gasteiger partial charge < -0.3 is 30.6 Å². The number of rotatable bonds is 8. The van der Waals surface area contributed by atoms with Gasteiger partial charge in [0.25, 0.3) is 0 Å². The molecule has 0 aromatic carbocycles. The first-order valence-corrected chi connectivity index (χ1v) is 9.44. The van der Waals surface area contributed by atoms with E-state index in [1.165, 1.54) is 13.8 Å². The third kappa shape index (κ3) is 27.7. The van der Waals surface area contributed by atoms with Gasteiger partial charge in [0, 0.05) is 11.2 Å². The number of carbonyl (C=O) groups is 3. The molecule has 0 amide bonds. The number of hydrogen-bond donors (Lipinski definition) is 9. The van der Waals surface area contributed by atoms with Crippen LogP contribution in [-0.4, -0.2) is 84.6 Å². The van der Waals surface area contributed by atoms with Gasteiger partial charge in [0.05, 0.1) is 36.7 Å². The molecule has 0 saturated carbocycles. The van der Waals surface area contributed by atoms with Gasteiger partial charge in [0.1, 0.15) is 0 Å². The molecule has 0 rings (SSSR count). The zero-order chi connectivity index (χ0) is 22.6. The largest absolute Gasteiger partial charge is 0.481 e. The van der Waals surface area contributed by atoms with Crippen LogP contribution >= 0.6 is 37.9 Å². The first-order valence-electron chi connectivity index (χ1n) is 7.77. The van der Waals surface area contributed by atoms with Crippen molar-refractivity contribution < 1.29 is 45.0 Å². The van der Waals surface area contributed by atoms with Crippen molar-refractivity contribution in [3.05, 3.63) is 0 Å². The summed E-state index contributed by atoms with van der Waals surface area (Å²) in [5.41, 5.74) is -0.667. The van der Waals surface area contributed by atoms with Crippen molar-refractivity contribution in [3.63, 3.8) is 0 Å². The monoisotopic (exact) mass is 452 g/mol. The topological polar surface area (TPSA) is 173 Å². The fourth-order valence-electron chi connectivity index (χ4n) is 0.581. The molecule has 2 unspecified atom stereocenters. The zero-order valence-corrected chi connectivity index (χ0v) is 18.3. The Morgan fingerprint density at radius 3 is 1.11 bits per heavy atom. The van der Waals surface area contributed by atoms with E-state index >= 15 is 0 Å². The van der Waals surface area contributed by atoms with E-state index in [1.807, 2.05) is 6.92 Å². The van der Waals surface area contributed by atoms with Gasteiger partial charge in [-0.1, -0.05) is 6.92 Å². The van der Waals surface area contributed by atoms with E-state index in [0.717, 1.165) is 0 Å². The molecule has 27 heavy (non-hydrogen) atoms. The molecule has 0 bridgehead atoms. The summed E-state index contributed by atoms with van der Waals surface area (Å²) in [6.45, 7) is 4.36. The van der Waals surface area contributed by atoms with Crippen LogP contribution in [0.4, 0.5) is 0 Å². The fourth-order valence-corrected chi connectivity index (χ4v) is 0.772. The van der Waals surface area contributed by atoms with E-state index in [2.05, 4.69) is 37.9 Å². The number of carboxylic acid groups (broad SMARTS) is 3. The first kappa shape index (κ1) is 33.9. The summed E-state index contributed by atoms with van der Waals surface area (Å²) in [4.78, 5) is 28.8. The molecule has 0 spiro atoms. The minimum absolute atomic E-state index is 0.156. The van der Waals surface area contributed by atoms with Crippen LogP contribution < -0.4 is 0 Å². The lowest BCUT2D eigenvalue weighted by Crippen LogP contribution is -2.32. The molecule has 12 heteroatoms. The molecule has 0 aliphatic heterocycles. The van der Waals surface area contributed by atoms with Crippen LogP contribution in [0.15, 0.2) is 0 Å². The standard InChI is InChI=1S/C6H14O3.3C3H6O2S/c1-2-6(3-7,4-8)5-9;2*1-2(6)3(4)5;4-3(5)1-2-6/h7-9H,2-5H2,1H3;2*2,6H,1H3,(H,4,5);6H,1-2H2,(H,4,5). The normalized spacial score (nSPS) is 11.9. The van der Waals surface area contributed by atoms with Crippen LogP contribution in [0.1, 0.15) is 33.6 Å². The maximum Gasteiger partial charge on any atom is 0.316 e. The SMILES string of the molecule is CC(S)C(=O)O.CC(S)C(=O)O.CCC(CO)(CO)CO.O=C(O)CCS. The lowest BCUT2D eigenvalue weighted by Gasteiger charge is -2.24. The molecular formula is C15H32O9S3. The molecule has 0 aliphatic carbocycles. The van der Waals surface area contributed by atoms with Gasteiger partial charge in [-0.25, -0.2) is 0 Å². The highest BCUT2D eigenvalue weighted by Crippen LogP contribution is 2.18. The summed E-state index contributed by atoms with van der Waals surface area (Å²) >= 11 is 10.9. The highest BCUT2D eigenvalue weighted by molar-refractivity contribution is 7.82. The number of aliphatic hydroxyl groups is 3. The Morgan fingerprint density at radius 2 is 1.11 bits per heavy atom. The summed E-state index contributed by atoms with van der Waals surface area (Å²) < 4.78 is 0. The zero-order valence-electron chi connectivity index (χ0n) is 15.6. The number of carboxylic acids is 3. The number of thiol groups is 3. The van der Waals surface area contributed by atoms with E-state index in [-0.39, 0.29) is 26.2 Å². The van der Waals surface area contributed by atoms with Crippen LogP contribution in [0.5, 0.6) is 0 Å². The average Bonchev–Trinajstić information content (AvgIpc) is 2.59. The molecule has 0 fully saturated rings. The predicted molar refractivity (Wildman–Crippen MR) is 112 cm³/mol. The summed E-state index contributed by atoms with van der Waals surface area (Å²) in [7, 11) is 0. The average molecular weight is 453 g/mol. The first-order chi connectivity index (χ1) is 12.3. The molecule has 0 aliphatic rings. The summed E-state index contributed by atoms with van der Waals surface area (Å²) in [5, 5.41) is 48.6. The molecule has 6 N–H and O–H groups in total. The lowest BCUT2D eigenvalue weighted by atomic mass is 9.88. The summed E-state index contributed by atoms with van der Waals surface area (Å²) in [6.07, 6.45) is 0.750. The Morgan fingerprint density at radius 1 is 0.852 bits per heavy atom. The van der Waals surface area contributed by atoms with Gasteiger partial charge in [-0.2, -0.15) is 37.9 Å². The van der Waals surface area contributed by atoms with Crippen LogP contribution in [0.2, 0.25) is 0 Å². The van der Waals surface area contributed by atoms with Crippen LogP contribution in [0.25, 0.3) is 0 Å². The van der Waals surface area contributed by atoms with Gasteiger partial charge in [0.2, 0.25) is 0 Å². The minimum Gasteiger partial charge on any atom is -0.481 e. The molecule has 0 saturated heterocycles.